The Morgan fingerprint density at radius 1 is 0.900 bits per heavy atom. The first kappa shape index (κ1) is 11.0. The predicted octanol–water partition coefficient (Wildman–Crippen LogP) is 3.60. The maximum atomic E-state index is 12.2. The summed E-state index contributed by atoms with van der Waals surface area (Å²) in [6.45, 7) is 0. The fraction of sp³-hybridized carbons (Fsp3) is 0. The van der Waals surface area contributed by atoms with E-state index in [4.69, 9.17) is 8.94 Å². The van der Waals surface area contributed by atoms with Gasteiger partial charge in [-0.1, -0.05) is 47.6 Å². The third-order valence-corrected chi connectivity index (χ3v) is 3.28. The van der Waals surface area contributed by atoms with Gasteiger partial charge in [-0.15, -0.1) is 0 Å². The smallest absolute Gasteiger partial charge is 0.349 e. The zero-order valence-electron chi connectivity index (χ0n) is 10.4. The summed E-state index contributed by atoms with van der Waals surface area (Å²) in [6, 6.07) is 16.7. The number of fused-ring (bicyclic) bond motifs is 3. The van der Waals surface area contributed by atoms with Crippen LogP contribution in [0.25, 0.3) is 33.2 Å². The molecule has 4 heteroatoms. The predicted molar refractivity (Wildman–Crippen MR) is 75.5 cm³/mol. The van der Waals surface area contributed by atoms with Gasteiger partial charge >= 0.3 is 5.63 Å². The van der Waals surface area contributed by atoms with Gasteiger partial charge in [0.25, 0.3) is 0 Å². The molecule has 2 aromatic heterocycles. The molecule has 0 bridgehead atoms. The van der Waals surface area contributed by atoms with Crippen LogP contribution in [0.2, 0.25) is 0 Å². The minimum Gasteiger partial charge on any atom is -0.422 e. The largest absolute Gasteiger partial charge is 0.422 e. The van der Waals surface area contributed by atoms with E-state index in [0.29, 0.717) is 22.2 Å². The Morgan fingerprint density at radius 2 is 1.65 bits per heavy atom. The highest BCUT2D eigenvalue weighted by atomic mass is 16.5. The quantitative estimate of drug-likeness (QED) is 0.492. The molecule has 2 heterocycles. The molecule has 0 aliphatic carbocycles. The van der Waals surface area contributed by atoms with Gasteiger partial charge in [-0.25, -0.2) is 4.79 Å². The van der Waals surface area contributed by atoms with E-state index in [1.165, 1.54) is 0 Å². The zero-order chi connectivity index (χ0) is 13.5. The van der Waals surface area contributed by atoms with Crippen molar-refractivity contribution in [2.24, 2.45) is 0 Å². The third kappa shape index (κ3) is 1.48. The molecule has 0 aliphatic heterocycles. The topological polar surface area (TPSA) is 56.2 Å². The second-order valence-electron chi connectivity index (χ2n) is 4.49. The normalized spacial score (nSPS) is 11.2. The van der Waals surface area contributed by atoms with E-state index < -0.39 is 5.63 Å². The third-order valence-electron chi connectivity index (χ3n) is 3.28. The van der Waals surface area contributed by atoms with E-state index in [0.717, 1.165) is 10.9 Å². The summed E-state index contributed by atoms with van der Waals surface area (Å²) in [6.07, 6.45) is 0. The summed E-state index contributed by atoms with van der Waals surface area (Å²) in [4.78, 5) is 12.2. The Hall–Kier alpha value is -2.88. The van der Waals surface area contributed by atoms with Gasteiger partial charge in [0.05, 0.1) is 5.39 Å². The molecule has 0 radical (unpaired) electrons. The molecule has 4 nitrogen and oxygen atoms in total. The molecule has 20 heavy (non-hydrogen) atoms. The summed E-state index contributed by atoms with van der Waals surface area (Å²) in [7, 11) is 0. The highest BCUT2D eigenvalue weighted by Crippen LogP contribution is 2.29. The number of hydrogen-bond donors (Lipinski definition) is 0. The second kappa shape index (κ2) is 4.06. The molecule has 0 atom stereocenters. The van der Waals surface area contributed by atoms with Crippen LogP contribution in [-0.4, -0.2) is 5.16 Å². The van der Waals surface area contributed by atoms with Crippen LogP contribution in [0.4, 0.5) is 0 Å². The van der Waals surface area contributed by atoms with Gasteiger partial charge in [-0.2, -0.15) is 0 Å². The van der Waals surface area contributed by atoms with Crippen molar-refractivity contribution in [2.75, 3.05) is 0 Å². The average molecular weight is 263 g/mol. The highest BCUT2D eigenvalue weighted by molar-refractivity contribution is 6.05. The van der Waals surface area contributed by atoms with E-state index >= 15 is 0 Å². The van der Waals surface area contributed by atoms with Crippen molar-refractivity contribution < 1.29 is 8.94 Å². The van der Waals surface area contributed by atoms with Crippen LogP contribution in [0.15, 0.2) is 68.3 Å². The van der Waals surface area contributed by atoms with Crippen molar-refractivity contribution in [3.05, 3.63) is 65.0 Å². The van der Waals surface area contributed by atoms with Gasteiger partial charge < -0.3 is 8.94 Å². The van der Waals surface area contributed by atoms with Crippen molar-refractivity contribution in [2.45, 2.75) is 0 Å². The number of rotatable bonds is 1. The molecule has 96 valence electrons. The van der Waals surface area contributed by atoms with Gasteiger partial charge in [0.15, 0.2) is 5.58 Å². The Balaban J connectivity index is 2.16. The molecule has 0 amide bonds. The lowest BCUT2D eigenvalue weighted by atomic mass is 10.1. The number of hydrogen-bond acceptors (Lipinski definition) is 4. The summed E-state index contributed by atoms with van der Waals surface area (Å²) in [5.74, 6) is 0. The lowest BCUT2D eigenvalue weighted by molar-refractivity contribution is 0.460. The van der Waals surface area contributed by atoms with E-state index in [2.05, 4.69) is 5.16 Å². The molecule has 0 aliphatic rings. The van der Waals surface area contributed by atoms with Crippen LogP contribution >= 0.6 is 0 Å². The maximum Gasteiger partial charge on any atom is 0.349 e. The molecule has 4 rings (SSSR count). The average Bonchev–Trinajstić information content (AvgIpc) is 2.94. The molecule has 0 fully saturated rings. The van der Waals surface area contributed by atoms with E-state index in [1.807, 2.05) is 48.5 Å². The molecule has 0 saturated carbocycles. The van der Waals surface area contributed by atoms with Gasteiger partial charge in [0, 0.05) is 5.56 Å². The molecule has 4 aromatic rings. The number of nitrogens with zero attached hydrogens (tertiary/aromatic N) is 1. The fourth-order valence-corrected chi connectivity index (χ4v) is 2.35. The van der Waals surface area contributed by atoms with Crippen molar-refractivity contribution >= 4 is 21.9 Å². The Labute approximate surface area is 113 Å². The monoisotopic (exact) mass is 263 g/mol. The van der Waals surface area contributed by atoms with Crippen LogP contribution in [0.5, 0.6) is 0 Å². The van der Waals surface area contributed by atoms with Gasteiger partial charge in [0.1, 0.15) is 16.7 Å². The Bertz CT molecular complexity index is 967. The van der Waals surface area contributed by atoms with Gasteiger partial charge in [-0.05, 0) is 12.1 Å². The number of benzene rings is 2. The van der Waals surface area contributed by atoms with Crippen molar-refractivity contribution in [3.8, 4) is 11.3 Å². The number of aromatic nitrogens is 1. The molecule has 0 N–H and O–H groups in total. The second-order valence-corrected chi connectivity index (χ2v) is 4.49. The van der Waals surface area contributed by atoms with Crippen LogP contribution < -0.4 is 5.63 Å². The van der Waals surface area contributed by atoms with Crippen LogP contribution in [0.1, 0.15) is 0 Å². The fourth-order valence-electron chi connectivity index (χ4n) is 2.35. The number of para-hydroxylation sites is 1. The van der Waals surface area contributed by atoms with Crippen molar-refractivity contribution in [1.82, 2.24) is 5.16 Å². The van der Waals surface area contributed by atoms with Gasteiger partial charge in [-0.3, -0.25) is 0 Å². The van der Waals surface area contributed by atoms with Gasteiger partial charge in [0.2, 0.25) is 0 Å². The first-order valence-electron chi connectivity index (χ1n) is 6.21. The van der Waals surface area contributed by atoms with Crippen LogP contribution in [0, 0.1) is 0 Å². The van der Waals surface area contributed by atoms with E-state index in [9.17, 15) is 4.79 Å². The zero-order valence-corrected chi connectivity index (χ0v) is 10.4. The molecule has 0 saturated heterocycles. The molecule has 2 aromatic carbocycles. The first-order chi connectivity index (χ1) is 9.84. The van der Waals surface area contributed by atoms with Crippen molar-refractivity contribution in [1.29, 1.82) is 0 Å². The lowest BCUT2D eigenvalue weighted by Gasteiger charge is -1.97. The molecular weight excluding hydrogens is 254 g/mol. The summed E-state index contributed by atoms with van der Waals surface area (Å²) >= 11 is 0. The summed E-state index contributed by atoms with van der Waals surface area (Å²) in [5.41, 5.74) is 1.88. The Morgan fingerprint density at radius 3 is 2.50 bits per heavy atom. The molecular formula is C16H9NO3. The van der Waals surface area contributed by atoms with E-state index in [1.54, 1.807) is 6.07 Å². The van der Waals surface area contributed by atoms with E-state index in [-0.39, 0.29) is 0 Å². The maximum absolute atomic E-state index is 12.2. The minimum atomic E-state index is -0.432. The minimum absolute atomic E-state index is 0.384. The highest BCUT2D eigenvalue weighted by Gasteiger charge is 2.18. The van der Waals surface area contributed by atoms with Crippen LogP contribution in [-0.2, 0) is 0 Å². The summed E-state index contributed by atoms with van der Waals surface area (Å²) < 4.78 is 10.7. The molecule has 0 spiro atoms. The standard InChI is InChI=1S/C16H9NO3/c18-16-13-14(10-6-2-1-3-7-10)17-20-15(13)11-8-4-5-9-12(11)19-16/h1-9H. The molecule has 0 unspecified atom stereocenters. The Kier molecular flexibility index (Phi) is 2.23. The first-order valence-corrected chi connectivity index (χ1v) is 6.21. The van der Waals surface area contributed by atoms with Crippen molar-refractivity contribution in [3.63, 3.8) is 0 Å². The SMILES string of the molecule is O=c1oc2ccccc2c2onc(-c3ccccc3)c12. The lowest BCUT2D eigenvalue weighted by Crippen LogP contribution is -1.99. The summed E-state index contributed by atoms with van der Waals surface area (Å²) in [5, 5.41) is 5.17. The van der Waals surface area contributed by atoms with Crippen LogP contribution in [0.3, 0.4) is 0 Å².